The smallest absolute Gasteiger partial charge is 0.333 e. The van der Waals surface area contributed by atoms with Crippen LogP contribution >= 0.6 is 0 Å². The number of carbonyl (C=O) groups excluding carboxylic acids is 1. The van der Waals surface area contributed by atoms with Gasteiger partial charge in [0.1, 0.15) is 4.90 Å². The number of carbonyl (C=O) groups is 1. The molecule has 7 nitrogen and oxygen atoms in total. The van der Waals surface area contributed by atoms with Gasteiger partial charge >= 0.3 is 6.55 Å². The fraction of sp³-hybridized carbons (Fsp3) is 0.500. The summed E-state index contributed by atoms with van der Waals surface area (Å²) >= 11 is 0. The predicted molar refractivity (Wildman–Crippen MR) is 105 cm³/mol. The van der Waals surface area contributed by atoms with Crippen molar-refractivity contribution >= 4 is 15.9 Å². The number of amides is 1. The summed E-state index contributed by atoms with van der Waals surface area (Å²) in [6.45, 7) is -0.726. The molecular formula is C20H24F2N4O3S. The lowest BCUT2D eigenvalue weighted by atomic mass is 9.98. The summed E-state index contributed by atoms with van der Waals surface area (Å²) in [5, 5.41) is 3.54. The predicted octanol–water partition coefficient (Wildman–Crippen LogP) is 2.79. The van der Waals surface area contributed by atoms with E-state index in [1.807, 2.05) is 30.3 Å². The normalized spacial score (nSPS) is 23.1. The molecule has 2 saturated heterocycles. The Labute approximate surface area is 174 Å². The van der Waals surface area contributed by atoms with E-state index in [-0.39, 0.29) is 41.5 Å². The third-order valence-electron chi connectivity index (χ3n) is 6.06. The van der Waals surface area contributed by atoms with Crippen LogP contribution in [0.1, 0.15) is 37.1 Å². The first kappa shape index (κ1) is 20.9. The highest BCUT2D eigenvalue weighted by molar-refractivity contribution is 7.89. The molecule has 30 heavy (non-hydrogen) atoms. The van der Waals surface area contributed by atoms with Crippen LogP contribution < -0.4 is 0 Å². The van der Waals surface area contributed by atoms with Crippen molar-refractivity contribution in [1.82, 2.24) is 19.0 Å². The molecular weight excluding hydrogens is 414 g/mol. The monoisotopic (exact) mass is 438 g/mol. The standard InChI is InChI=1S/C20H24F2N4O3S/c1-14-18(10-23-26(14)20(21)22)30(28,29)24-12-16-8-5-9-19(27)25(17(16)13-24)11-15-6-3-2-4-7-15/h2-4,6-7,10,16-17,20H,5,8-9,11-13H2,1H3. The molecule has 10 heteroatoms. The molecule has 0 saturated carbocycles. The number of halogens is 2. The van der Waals surface area contributed by atoms with Crippen molar-refractivity contribution < 1.29 is 22.0 Å². The van der Waals surface area contributed by atoms with E-state index in [2.05, 4.69) is 5.10 Å². The molecule has 162 valence electrons. The molecule has 1 aromatic heterocycles. The second-order valence-corrected chi connectivity index (χ2v) is 9.77. The van der Waals surface area contributed by atoms with Gasteiger partial charge < -0.3 is 4.90 Å². The lowest BCUT2D eigenvalue weighted by Crippen LogP contribution is -2.43. The van der Waals surface area contributed by atoms with E-state index >= 15 is 0 Å². The highest BCUT2D eigenvalue weighted by Gasteiger charge is 2.45. The van der Waals surface area contributed by atoms with Crippen LogP contribution in [0.15, 0.2) is 41.4 Å². The Bertz CT molecular complexity index is 1030. The molecule has 3 heterocycles. The maximum absolute atomic E-state index is 13.2. The Balaban J connectivity index is 1.61. The molecule has 2 aromatic rings. The number of nitrogens with zero attached hydrogens (tertiary/aromatic N) is 4. The van der Waals surface area contributed by atoms with E-state index in [1.54, 1.807) is 4.90 Å². The maximum Gasteiger partial charge on any atom is 0.333 e. The van der Waals surface area contributed by atoms with E-state index in [0.717, 1.165) is 18.2 Å². The van der Waals surface area contributed by atoms with Crippen molar-refractivity contribution in [2.75, 3.05) is 13.1 Å². The third kappa shape index (κ3) is 3.74. The second kappa shape index (κ2) is 8.07. The van der Waals surface area contributed by atoms with Crippen LogP contribution in [0.4, 0.5) is 8.78 Å². The molecule has 0 spiro atoms. The molecule has 0 radical (unpaired) electrons. The molecule has 2 aliphatic rings. The Morgan fingerprint density at radius 3 is 2.60 bits per heavy atom. The number of likely N-dealkylation sites (tertiary alicyclic amines) is 1. The fourth-order valence-corrected chi connectivity index (χ4v) is 6.14. The summed E-state index contributed by atoms with van der Waals surface area (Å²) < 4.78 is 54.2. The Morgan fingerprint density at radius 1 is 1.20 bits per heavy atom. The second-order valence-electron chi connectivity index (χ2n) is 7.87. The zero-order valence-electron chi connectivity index (χ0n) is 16.6. The number of hydrogen-bond donors (Lipinski definition) is 0. The first-order valence-corrected chi connectivity index (χ1v) is 11.4. The fourth-order valence-electron chi connectivity index (χ4n) is 4.47. The third-order valence-corrected chi connectivity index (χ3v) is 7.99. The van der Waals surface area contributed by atoms with Crippen LogP contribution in [0.3, 0.4) is 0 Å². The lowest BCUT2D eigenvalue weighted by molar-refractivity contribution is -0.133. The highest BCUT2D eigenvalue weighted by atomic mass is 32.2. The number of aromatic nitrogens is 2. The van der Waals surface area contributed by atoms with Crippen LogP contribution in [-0.4, -0.2) is 52.4 Å². The lowest BCUT2D eigenvalue weighted by Gasteiger charge is -2.30. The van der Waals surface area contributed by atoms with Crippen LogP contribution in [0.25, 0.3) is 0 Å². The van der Waals surface area contributed by atoms with E-state index in [4.69, 9.17) is 0 Å². The van der Waals surface area contributed by atoms with Gasteiger partial charge in [-0.1, -0.05) is 30.3 Å². The van der Waals surface area contributed by atoms with Crippen molar-refractivity contribution in [3.63, 3.8) is 0 Å². The number of benzene rings is 1. The maximum atomic E-state index is 13.2. The quantitative estimate of drug-likeness (QED) is 0.720. The number of sulfonamides is 1. The zero-order chi connectivity index (χ0) is 21.5. The van der Waals surface area contributed by atoms with Gasteiger partial charge in [0.05, 0.1) is 11.9 Å². The minimum absolute atomic E-state index is 0.0142. The molecule has 2 fully saturated rings. The molecule has 2 unspecified atom stereocenters. The molecule has 1 aromatic carbocycles. The first-order chi connectivity index (χ1) is 14.3. The van der Waals surface area contributed by atoms with Crippen molar-refractivity contribution in [3.8, 4) is 0 Å². The molecule has 0 N–H and O–H groups in total. The van der Waals surface area contributed by atoms with E-state index in [9.17, 15) is 22.0 Å². The zero-order valence-corrected chi connectivity index (χ0v) is 17.4. The summed E-state index contributed by atoms with van der Waals surface area (Å²) in [6.07, 6.45) is 2.90. The Morgan fingerprint density at radius 2 is 1.93 bits per heavy atom. The molecule has 2 aliphatic heterocycles. The van der Waals surface area contributed by atoms with Crippen molar-refractivity contribution in [3.05, 3.63) is 47.8 Å². The van der Waals surface area contributed by atoms with Gasteiger partial charge in [-0.2, -0.15) is 18.2 Å². The van der Waals surface area contributed by atoms with E-state index < -0.39 is 16.6 Å². The Kier molecular flexibility index (Phi) is 5.63. The number of fused-ring (bicyclic) bond motifs is 1. The molecule has 2 atom stereocenters. The van der Waals surface area contributed by atoms with Crippen molar-refractivity contribution in [2.24, 2.45) is 5.92 Å². The summed E-state index contributed by atoms with van der Waals surface area (Å²) in [5.41, 5.74) is 0.899. The summed E-state index contributed by atoms with van der Waals surface area (Å²) in [7, 11) is -3.99. The van der Waals surface area contributed by atoms with Gasteiger partial charge in [0.15, 0.2) is 0 Å². The number of hydrogen-bond acceptors (Lipinski definition) is 4. The van der Waals surface area contributed by atoms with Crippen LogP contribution in [0, 0.1) is 12.8 Å². The van der Waals surface area contributed by atoms with Gasteiger partial charge in [-0.15, -0.1) is 0 Å². The molecule has 4 rings (SSSR count). The number of rotatable bonds is 5. The number of alkyl halides is 2. The first-order valence-electron chi connectivity index (χ1n) is 9.95. The van der Waals surface area contributed by atoms with E-state index in [0.29, 0.717) is 24.1 Å². The van der Waals surface area contributed by atoms with Gasteiger partial charge in [-0.25, -0.2) is 13.1 Å². The Hall–Kier alpha value is -2.33. The average molecular weight is 438 g/mol. The van der Waals surface area contributed by atoms with E-state index in [1.165, 1.54) is 11.2 Å². The molecule has 1 amide bonds. The minimum atomic E-state index is -3.99. The summed E-state index contributed by atoms with van der Waals surface area (Å²) in [4.78, 5) is 14.4. The molecule has 0 aliphatic carbocycles. The van der Waals surface area contributed by atoms with Crippen LogP contribution in [-0.2, 0) is 21.4 Å². The van der Waals surface area contributed by atoms with Gasteiger partial charge in [-0.05, 0) is 31.2 Å². The summed E-state index contributed by atoms with van der Waals surface area (Å²) in [5.74, 6) is 0.0349. The van der Waals surface area contributed by atoms with Crippen LogP contribution in [0.5, 0.6) is 0 Å². The molecule has 0 bridgehead atoms. The van der Waals surface area contributed by atoms with Crippen LogP contribution in [0.2, 0.25) is 0 Å². The highest BCUT2D eigenvalue weighted by Crippen LogP contribution is 2.35. The van der Waals surface area contributed by atoms with Gasteiger partial charge in [0, 0.05) is 32.1 Å². The van der Waals surface area contributed by atoms with Crippen molar-refractivity contribution in [1.29, 1.82) is 0 Å². The SMILES string of the molecule is Cc1c(S(=O)(=O)N2CC3CCCC(=O)N(Cc4ccccc4)C3C2)cnn1C(F)F. The van der Waals surface area contributed by atoms with Gasteiger partial charge in [0.25, 0.3) is 0 Å². The van der Waals surface area contributed by atoms with Gasteiger partial charge in [-0.3, -0.25) is 4.79 Å². The average Bonchev–Trinajstić information content (AvgIpc) is 3.28. The van der Waals surface area contributed by atoms with Gasteiger partial charge in [0.2, 0.25) is 15.9 Å². The summed E-state index contributed by atoms with van der Waals surface area (Å²) in [6, 6.07) is 9.37. The largest absolute Gasteiger partial charge is 0.334 e. The van der Waals surface area contributed by atoms with Crippen molar-refractivity contribution in [2.45, 2.75) is 50.2 Å². The topological polar surface area (TPSA) is 75.5 Å². The minimum Gasteiger partial charge on any atom is -0.334 e.